The molecule has 1 N–H and O–H groups in total. The molecule has 1 aliphatic heterocycles. The first-order valence-corrected chi connectivity index (χ1v) is 8.83. The highest BCUT2D eigenvalue weighted by molar-refractivity contribution is 9.10. The topological polar surface area (TPSA) is 21.3 Å². The van der Waals surface area contributed by atoms with Gasteiger partial charge >= 0.3 is 0 Å². The minimum Gasteiger partial charge on any atom is -0.492 e. The van der Waals surface area contributed by atoms with Crippen LogP contribution in [0.1, 0.15) is 25.7 Å². The molecule has 1 saturated heterocycles. The largest absolute Gasteiger partial charge is 0.492 e. The van der Waals surface area contributed by atoms with Crippen molar-refractivity contribution in [1.82, 2.24) is 5.32 Å². The first-order chi connectivity index (χ1) is 10.8. The van der Waals surface area contributed by atoms with E-state index in [4.69, 9.17) is 4.74 Å². The van der Waals surface area contributed by atoms with Gasteiger partial charge in [0.2, 0.25) is 0 Å². The predicted molar refractivity (Wildman–Crippen MR) is 95.3 cm³/mol. The van der Waals surface area contributed by atoms with Crippen LogP contribution in [0.15, 0.2) is 53.0 Å². The molecule has 2 nitrogen and oxygen atoms in total. The Balaban J connectivity index is 1.58. The van der Waals surface area contributed by atoms with Gasteiger partial charge in [-0.25, -0.2) is 0 Å². The molecule has 1 heterocycles. The van der Waals surface area contributed by atoms with Crippen LogP contribution >= 0.6 is 15.9 Å². The third kappa shape index (κ3) is 4.11. The van der Waals surface area contributed by atoms with Crippen LogP contribution in [0.2, 0.25) is 0 Å². The van der Waals surface area contributed by atoms with Crippen molar-refractivity contribution in [2.24, 2.45) is 0 Å². The molecular weight excluding hydrogens is 338 g/mol. The highest BCUT2D eigenvalue weighted by Gasteiger charge is 2.12. The van der Waals surface area contributed by atoms with E-state index in [0.29, 0.717) is 6.04 Å². The van der Waals surface area contributed by atoms with Gasteiger partial charge in [0.05, 0.1) is 11.1 Å². The van der Waals surface area contributed by atoms with Gasteiger partial charge in [-0.05, 0) is 65.0 Å². The molecule has 116 valence electrons. The van der Waals surface area contributed by atoms with Crippen molar-refractivity contribution < 1.29 is 4.74 Å². The van der Waals surface area contributed by atoms with Gasteiger partial charge in [0.25, 0.3) is 0 Å². The van der Waals surface area contributed by atoms with E-state index in [-0.39, 0.29) is 0 Å². The molecule has 2 aromatic rings. The molecule has 1 atom stereocenters. The minimum atomic E-state index is 0.621. The zero-order valence-electron chi connectivity index (χ0n) is 12.7. The Hall–Kier alpha value is -1.32. The summed E-state index contributed by atoms with van der Waals surface area (Å²) in [4.78, 5) is 0. The van der Waals surface area contributed by atoms with Crippen LogP contribution in [0.3, 0.4) is 0 Å². The zero-order chi connectivity index (χ0) is 15.2. The smallest absolute Gasteiger partial charge is 0.133 e. The molecule has 2 aromatic carbocycles. The maximum atomic E-state index is 5.94. The minimum absolute atomic E-state index is 0.621. The van der Waals surface area contributed by atoms with E-state index < -0.39 is 0 Å². The molecule has 0 spiro atoms. The van der Waals surface area contributed by atoms with E-state index in [1.165, 1.54) is 30.4 Å². The Bertz CT molecular complexity index is 594. The summed E-state index contributed by atoms with van der Waals surface area (Å²) in [5, 5.41) is 3.56. The molecule has 0 radical (unpaired) electrons. The zero-order valence-corrected chi connectivity index (χ0v) is 14.3. The Kier molecular flexibility index (Phi) is 5.52. The number of benzene rings is 2. The second-order valence-electron chi connectivity index (χ2n) is 5.80. The molecule has 0 bridgehead atoms. The summed E-state index contributed by atoms with van der Waals surface area (Å²) in [6.45, 7) is 1.92. The van der Waals surface area contributed by atoms with Crippen LogP contribution in [0, 0.1) is 0 Å². The normalized spacial score (nSPS) is 18.1. The van der Waals surface area contributed by atoms with Crippen molar-refractivity contribution in [3.63, 3.8) is 0 Å². The second-order valence-corrected chi connectivity index (χ2v) is 6.65. The van der Waals surface area contributed by atoms with Crippen molar-refractivity contribution in [2.75, 3.05) is 13.2 Å². The highest BCUT2D eigenvalue weighted by atomic mass is 79.9. The monoisotopic (exact) mass is 359 g/mol. The first kappa shape index (κ1) is 15.6. The molecule has 0 aromatic heterocycles. The van der Waals surface area contributed by atoms with E-state index >= 15 is 0 Å². The van der Waals surface area contributed by atoms with Crippen LogP contribution in [-0.2, 0) is 0 Å². The molecule has 0 aliphatic carbocycles. The Morgan fingerprint density at radius 1 is 1.05 bits per heavy atom. The number of nitrogens with one attached hydrogen (secondary N) is 1. The van der Waals surface area contributed by atoms with E-state index in [9.17, 15) is 0 Å². The molecule has 3 rings (SSSR count). The summed E-state index contributed by atoms with van der Waals surface area (Å²) in [7, 11) is 0. The van der Waals surface area contributed by atoms with E-state index in [1.807, 2.05) is 6.07 Å². The lowest BCUT2D eigenvalue weighted by Gasteiger charge is -2.23. The standard InChI is InChI=1S/C19H22BrNO/c20-18-14-16(15-6-2-1-3-7-15)9-10-19(18)22-13-11-17-8-4-5-12-21-17/h1-3,6-7,9-10,14,17,21H,4-5,8,11-13H2/t17-/m0/s1. The lowest BCUT2D eigenvalue weighted by molar-refractivity contribution is 0.267. The third-order valence-corrected chi connectivity index (χ3v) is 4.79. The van der Waals surface area contributed by atoms with Gasteiger partial charge in [0.15, 0.2) is 0 Å². The lowest BCUT2D eigenvalue weighted by atomic mass is 10.0. The summed E-state index contributed by atoms with van der Waals surface area (Å²) in [6.07, 6.45) is 5.00. The maximum Gasteiger partial charge on any atom is 0.133 e. The van der Waals surface area contributed by atoms with Crippen LogP contribution in [-0.4, -0.2) is 19.2 Å². The molecule has 22 heavy (non-hydrogen) atoms. The van der Waals surface area contributed by atoms with E-state index in [0.717, 1.165) is 29.8 Å². The number of hydrogen-bond acceptors (Lipinski definition) is 2. The fourth-order valence-electron chi connectivity index (χ4n) is 2.91. The summed E-state index contributed by atoms with van der Waals surface area (Å²) in [5.41, 5.74) is 2.43. The molecule has 3 heteroatoms. The van der Waals surface area contributed by atoms with Crippen molar-refractivity contribution in [3.8, 4) is 16.9 Å². The molecule has 0 saturated carbocycles. The number of hydrogen-bond donors (Lipinski definition) is 1. The van der Waals surface area contributed by atoms with Gasteiger partial charge < -0.3 is 10.1 Å². The van der Waals surface area contributed by atoms with E-state index in [2.05, 4.69) is 63.7 Å². The maximum absolute atomic E-state index is 5.94. The van der Waals surface area contributed by atoms with Crippen LogP contribution in [0.4, 0.5) is 0 Å². The quantitative estimate of drug-likeness (QED) is 0.808. The summed E-state index contributed by atoms with van der Waals surface area (Å²) in [6, 6.07) is 17.3. The average Bonchev–Trinajstić information content (AvgIpc) is 2.58. The van der Waals surface area contributed by atoms with Crippen LogP contribution in [0.5, 0.6) is 5.75 Å². The first-order valence-electron chi connectivity index (χ1n) is 8.04. The van der Waals surface area contributed by atoms with Crippen molar-refractivity contribution in [2.45, 2.75) is 31.7 Å². The molecule has 0 unspecified atom stereocenters. The summed E-state index contributed by atoms with van der Waals surface area (Å²) in [5.74, 6) is 0.926. The fourth-order valence-corrected chi connectivity index (χ4v) is 3.40. The second kappa shape index (κ2) is 7.80. The van der Waals surface area contributed by atoms with Crippen molar-refractivity contribution in [1.29, 1.82) is 0 Å². The molecule has 0 amide bonds. The summed E-state index contributed by atoms with van der Waals surface area (Å²) >= 11 is 3.63. The van der Waals surface area contributed by atoms with Gasteiger partial charge in [-0.2, -0.15) is 0 Å². The van der Waals surface area contributed by atoms with E-state index in [1.54, 1.807) is 0 Å². The summed E-state index contributed by atoms with van der Waals surface area (Å²) < 4.78 is 6.96. The molecule has 1 aliphatic rings. The predicted octanol–water partition coefficient (Wildman–Crippen LogP) is 5.03. The highest BCUT2D eigenvalue weighted by Crippen LogP contribution is 2.30. The Morgan fingerprint density at radius 3 is 2.64 bits per heavy atom. The SMILES string of the molecule is Brc1cc(-c2ccccc2)ccc1OCC[C@@H]1CCCCN1. The average molecular weight is 360 g/mol. The molecule has 1 fully saturated rings. The Labute approximate surface area is 141 Å². The van der Waals surface area contributed by atoms with Gasteiger partial charge in [0.1, 0.15) is 5.75 Å². The van der Waals surface area contributed by atoms with Crippen molar-refractivity contribution in [3.05, 3.63) is 53.0 Å². The number of rotatable bonds is 5. The van der Waals surface area contributed by atoms with Gasteiger partial charge in [-0.1, -0.05) is 42.8 Å². The fraction of sp³-hybridized carbons (Fsp3) is 0.368. The number of piperidine rings is 1. The van der Waals surface area contributed by atoms with Gasteiger partial charge in [0, 0.05) is 6.04 Å². The Morgan fingerprint density at radius 2 is 1.91 bits per heavy atom. The molecular formula is C19H22BrNO. The third-order valence-electron chi connectivity index (χ3n) is 4.18. The van der Waals surface area contributed by atoms with Gasteiger partial charge in [-0.3, -0.25) is 0 Å². The number of ether oxygens (including phenoxy) is 1. The van der Waals surface area contributed by atoms with Crippen molar-refractivity contribution >= 4 is 15.9 Å². The van der Waals surface area contributed by atoms with Crippen LogP contribution in [0.25, 0.3) is 11.1 Å². The van der Waals surface area contributed by atoms with Gasteiger partial charge in [-0.15, -0.1) is 0 Å². The van der Waals surface area contributed by atoms with Crippen LogP contribution < -0.4 is 10.1 Å². The number of halogens is 1. The lowest BCUT2D eigenvalue weighted by Crippen LogP contribution is -2.35.